The number of hydrogen-bond donors (Lipinski definition) is 3. The van der Waals surface area contributed by atoms with Crippen molar-refractivity contribution in [3.8, 4) is 0 Å². The van der Waals surface area contributed by atoms with Crippen LogP contribution in [-0.4, -0.2) is 36.3 Å². The molecular weight excluding hydrogens is 286 g/mol. The summed E-state index contributed by atoms with van der Waals surface area (Å²) in [7, 11) is 0. The first-order chi connectivity index (χ1) is 9.65. The summed E-state index contributed by atoms with van der Waals surface area (Å²) in [5.41, 5.74) is -4.31. The summed E-state index contributed by atoms with van der Waals surface area (Å²) in [6, 6.07) is 0. The third-order valence-electron chi connectivity index (χ3n) is 2.47. The second-order valence-corrected chi connectivity index (χ2v) is 4.01. The van der Waals surface area contributed by atoms with Crippen LogP contribution in [0.2, 0.25) is 0 Å². The summed E-state index contributed by atoms with van der Waals surface area (Å²) in [5, 5.41) is 17.4. The first-order valence-corrected chi connectivity index (χ1v) is 5.41. The molecule has 0 unspecified atom stereocenters. The maximum atomic E-state index is 12.0. The fraction of sp³-hybridized carbons (Fsp3) is 0.182. The van der Waals surface area contributed by atoms with E-state index in [1.165, 1.54) is 0 Å². The van der Waals surface area contributed by atoms with Crippen molar-refractivity contribution >= 4 is 11.9 Å². The van der Waals surface area contributed by atoms with Gasteiger partial charge in [0.05, 0.1) is 13.1 Å². The molecule has 0 saturated heterocycles. The van der Waals surface area contributed by atoms with E-state index in [2.05, 4.69) is 13.2 Å². The molecule has 21 heavy (non-hydrogen) atoms. The highest BCUT2D eigenvalue weighted by Crippen LogP contribution is 1.93. The van der Waals surface area contributed by atoms with E-state index in [-0.39, 0.29) is 0 Å². The number of aliphatic carboxylic acids is 2. The lowest BCUT2D eigenvalue weighted by Crippen LogP contribution is -2.50. The molecule has 0 fully saturated rings. The minimum absolute atomic E-state index is 0.424. The number of carboxylic acid groups (broad SMARTS) is 2. The van der Waals surface area contributed by atoms with Gasteiger partial charge in [-0.3, -0.25) is 4.98 Å². The second-order valence-electron chi connectivity index (χ2n) is 4.01. The van der Waals surface area contributed by atoms with Crippen LogP contribution < -0.4 is 17.1 Å². The van der Waals surface area contributed by atoms with E-state index in [0.717, 1.165) is 0 Å². The van der Waals surface area contributed by atoms with Gasteiger partial charge in [0, 0.05) is 11.1 Å². The molecule has 112 valence electrons. The van der Waals surface area contributed by atoms with Crippen molar-refractivity contribution in [2.24, 2.45) is 0 Å². The van der Waals surface area contributed by atoms with Crippen LogP contribution in [0.3, 0.4) is 0 Å². The molecule has 0 aliphatic rings. The van der Waals surface area contributed by atoms with Crippen molar-refractivity contribution in [2.75, 3.05) is 0 Å². The second kappa shape index (κ2) is 5.86. The molecule has 0 amide bonds. The van der Waals surface area contributed by atoms with Crippen molar-refractivity contribution in [3.63, 3.8) is 0 Å². The highest BCUT2D eigenvalue weighted by molar-refractivity contribution is 5.86. The first-order valence-electron chi connectivity index (χ1n) is 5.41. The number of hydrogen-bond acceptors (Lipinski definition) is 5. The van der Waals surface area contributed by atoms with Gasteiger partial charge in [0.25, 0.3) is 0 Å². The quantitative estimate of drug-likeness (QED) is 0.512. The normalized spacial score (nSPS) is 10.1. The van der Waals surface area contributed by atoms with Gasteiger partial charge in [-0.25, -0.2) is 33.1 Å². The molecule has 10 nitrogen and oxygen atoms in total. The summed E-state index contributed by atoms with van der Waals surface area (Å²) in [6.45, 7) is 5.02. The minimum Gasteiger partial charge on any atom is -0.478 e. The van der Waals surface area contributed by atoms with Gasteiger partial charge in [-0.15, -0.1) is 0 Å². The molecular formula is C11H11N3O7. The number of carbonyl (C=O) groups is 2. The van der Waals surface area contributed by atoms with E-state index in [4.69, 9.17) is 10.2 Å². The van der Waals surface area contributed by atoms with Crippen molar-refractivity contribution in [3.05, 3.63) is 55.8 Å². The SMILES string of the molecule is C=C(Cn1c(=O)[nH]c(=O)n(CC(=C)C(=O)O)c1=O)C(=O)O. The monoisotopic (exact) mass is 297 g/mol. The fourth-order valence-corrected chi connectivity index (χ4v) is 1.34. The Bertz CT molecular complexity index is 745. The average molecular weight is 297 g/mol. The molecule has 1 aromatic rings. The molecule has 0 atom stereocenters. The lowest BCUT2D eigenvalue weighted by Gasteiger charge is -2.08. The molecule has 10 heteroatoms. The molecule has 0 aliphatic heterocycles. The van der Waals surface area contributed by atoms with E-state index in [1.807, 2.05) is 0 Å². The van der Waals surface area contributed by atoms with Crippen LogP contribution in [0, 0.1) is 0 Å². The van der Waals surface area contributed by atoms with Crippen molar-refractivity contribution in [1.82, 2.24) is 14.1 Å². The van der Waals surface area contributed by atoms with E-state index in [0.29, 0.717) is 9.13 Å². The largest absolute Gasteiger partial charge is 0.478 e. The Morgan fingerprint density at radius 2 is 1.24 bits per heavy atom. The first kappa shape index (κ1) is 15.9. The molecule has 3 N–H and O–H groups in total. The van der Waals surface area contributed by atoms with Gasteiger partial charge in [0.15, 0.2) is 0 Å². The smallest absolute Gasteiger partial charge is 0.336 e. The van der Waals surface area contributed by atoms with Crippen LogP contribution in [0.5, 0.6) is 0 Å². The zero-order valence-electron chi connectivity index (χ0n) is 10.7. The zero-order chi connectivity index (χ0) is 16.3. The van der Waals surface area contributed by atoms with Gasteiger partial charge in [-0.1, -0.05) is 13.2 Å². The standard InChI is InChI=1S/C11H11N3O7/c1-5(7(15)16)3-13-9(19)12-10(20)14(11(13)21)4-6(2)8(17)18/h1-4H2,(H,15,16)(H,17,18)(H,12,19,20). The number of aromatic amines is 1. The molecule has 0 radical (unpaired) electrons. The maximum absolute atomic E-state index is 12.0. The predicted octanol–water partition coefficient (Wildman–Crippen LogP) is -2.02. The number of nitrogens with zero attached hydrogens (tertiary/aromatic N) is 2. The lowest BCUT2D eigenvalue weighted by atomic mass is 10.3. The van der Waals surface area contributed by atoms with E-state index < -0.39 is 53.2 Å². The van der Waals surface area contributed by atoms with Crippen LogP contribution >= 0.6 is 0 Å². The van der Waals surface area contributed by atoms with Crippen LogP contribution in [-0.2, 0) is 22.7 Å². The summed E-state index contributed by atoms with van der Waals surface area (Å²) in [6.07, 6.45) is 0. The fourth-order valence-electron chi connectivity index (χ4n) is 1.34. The number of carboxylic acids is 2. The van der Waals surface area contributed by atoms with Gasteiger partial charge in [0.2, 0.25) is 0 Å². The number of aromatic nitrogens is 3. The third kappa shape index (κ3) is 3.43. The predicted molar refractivity (Wildman–Crippen MR) is 69.1 cm³/mol. The number of H-pyrrole nitrogens is 1. The minimum atomic E-state index is -1.42. The number of rotatable bonds is 6. The third-order valence-corrected chi connectivity index (χ3v) is 2.47. The van der Waals surface area contributed by atoms with Crippen LogP contribution in [0.4, 0.5) is 0 Å². The van der Waals surface area contributed by atoms with E-state index >= 15 is 0 Å². The highest BCUT2D eigenvalue weighted by atomic mass is 16.4. The molecule has 0 bridgehead atoms. The van der Waals surface area contributed by atoms with Crippen molar-refractivity contribution in [2.45, 2.75) is 13.1 Å². The van der Waals surface area contributed by atoms with Gasteiger partial charge in [0.1, 0.15) is 0 Å². The van der Waals surface area contributed by atoms with E-state index in [9.17, 15) is 24.0 Å². The summed E-state index contributed by atoms with van der Waals surface area (Å²) in [4.78, 5) is 58.1. The van der Waals surface area contributed by atoms with Gasteiger partial charge in [-0.2, -0.15) is 0 Å². The van der Waals surface area contributed by atoms with Crippen LogP contribution in [0.15, 0.2) is 38.7 Å². The van der Waals surface area contributed by atoms with Crippen LogP contribution in [0.25, 0.3) is 0 Å². The van der Waals surface area contributed by atoms with Gasteiger partial charge in [-0.05, 0) is 0 Å². The van der Waals surface area contributed by atoms with Crippen molar-refractivity contribution < 1.29 is 19.8 Å². The Balaban J connectivity index is 3.39. The number of nitrogens with one attached hydrogen (secondary N) is 1. The molecule has 0 saturated carbocycles. The topological polar surface area (TPSA) is 151 Å². The molecule has 1 heterocycles. The van der Waals surface area contributed by atoms with Gasteiger partial charge >= 0.3 is 29.0 Å². The Hall–Kier alpha value is -3.17. The maximum Gasteiger partial charge on any atom is 0.336 e. The van der Waals surface area contributed by atoms with Crippen LogP contribution in [0.1, 0.15) is 0 Å². The molecule has 0 aromatic carbocycles. The highest BCUT2D eigenvalue weighted by Gasteiger charge is 2.15. The molecule has 1 aromatic heterocycles. The Labute approximate surface area is 115 Å². The Morgan fingerprint density at radius 3 is 1.52 bits per heavy atom. The molecule has 0 spiro atoms. The lowest BCUT2D eigenvalue weighted by molar-refractivity contribution is -0.133. The molecule has 0 aliphatic carbocycles. The summed E-state index contributed by atoms with van der Waals surface area (Å²) >= 11 is 0. The van der Waals surface area contributed by atoms with E-state index in [1.54, 1.807) is 4.98 Å². The summed E-state index contributed by atoms with van der Waals surface area (Å²) < 4.78 is 0.847. The average Bonchev–Trinajstić information content (AvgIpc) is 2.38. The summed E-state index contributed by atoms with van der Waals surface area (Å²) in [5.74, 6) is -2.84. The van der Waals surface area contributed by atoms with Gasteiger partial charge < -0.3 is 10.2 Å². The Morgan fingerprint density at radius 1 is 0.905 bits per heavy atom. The zero-order valence-corrected chi connectivity index (χ0v) is 10.7. The van der Waals surface area contributed by atoms with Crippen molar-refractivity contribution in [1.29, 1.82) is 0 Å². The molecule has 1 rings (SSSR count). The Kier molecular flexibility index (Phi) is 4.43.